The highest BCUT2D eigenvalue weighted by Crippen LogP contribution is 2.06. The highest BCUT2D eigenvalue weighted by Gasteiger charge is 2.16. The van der Waals surface area contributed by atoms with Crippen LogP contribution in [0.15, 0.2) is 12.4 Å². The molecule has 0 spiro atoms. The van der Waals surface area contributed by atoms with Crippen molar-refractivity contribution >= 4 is 11.9 Å². The number of rotatable bonds is 5. The van der Waals surface area contributed by atoms with E-state index in [1.165, 1.54) is 24.0 Å². The Labute approximate surface area is 91.7 Å². The predicted octanol–water partition coefficient (Wildman–Crippen LogP) is -0.749. The third kappa shape index (κ3) is 2.80. The van der Waals surface area contributed by atoms with Crippen LogP contribution in [0.25, 0.3) is 0 Å². The van der Waals surface area contributed by atoms with E-state index in [-0.39, 0.29) is 18.7 Å². The van der Waals surface area contributed by atoms with Crippen molar-refractivity contribution in [2.24, 2.45) is 0 Å². The van der Waals surface area contributed by atoms with Crippen LogP contribution in [0.4, 0.5) is 0 Å². The summed E-state index contributed by atoms with van der Waals surface area (Å²) >= 11 is 0. The van der Waals surface area contributed by atoms with Gasteiger partial charge in [0.25, 0.3) is 5.91 Å². The lowest BCUT2D eigenvalue weighted by atomic mass is 10.3. The number of hydrogen-bond donors (Lipinski definition) is 3. The molecular weight excluding hydrogens is 214 g/mol. The van der Waals surface area contributed by atoms with E-state index in [1.54, 1.807) is 0 Å². The fraction of sp³-hybridized carbons (Fsp3) is 0.444. The molecule has 1 heterocycles. The van der Waals surface area contributed by atoms with Crippen molar-refractivity contribution in [2.75, 3.05) is 13.2 Å². The quantitative estimate of drug-likeness (QED) is 0.614. The maximum Gasteiger partial charge on any atom is 0.328 e. The molecule has 16 heavy (non-hydrogen) atoms. The van der Waals surface area contributed by atoms with Crippen molar-refractivity contribution in [1.29, 1.82) is 0 Å². The van der Waals surface area contributed by atoms with Crippen LogP contribution in [0.3, 0.4) is 0 Å². The van der Waals surface area contributed by atoms with Crippen molar-refractivity contribution in [3.63, 3.8) is 0 Å². The molecule has 0 aliphatic heterocycles. The summed E-state index contributed by atoms with van der Waals surface area (Å²) in [6.45, 7) is 1.47. The molecule has 7 heteroatoms. The van der Waals surface area contributed by atoms with Gasteiger partial charge in [0.2, 0.25) is 0 Å². The molecule has 7 nitrogen and oxygen atoms in total. The summed E-state index contributed by atoms with van der Waals surface area (Å²) in [5.74, 6) is -1.41. The Balaban J connectivity index is 2.71. The van der Waals surface area contributed by atoms with Crippen LogP contribution in [-0.4, -0.2) is 45.0 Å². The summed E-state index contributed by atoms with van der Waals surface area (Å²) in [5.41, 5.74) is 0.265. The van der Waals surface area contributed by atoms with Gasteiger partial charge in [-0.3, -0.25) is 9.48 Å². The smallest absolute Gasteiger partial charge is 0.328 e. The molecule has 0 bridgehead atoms. The molecule has 0 fully saturated rings. The summed E-state index contributed by atoms with van der Waals surface area (Å²) in [6, 6.07) is -0.820. The maximum absolute atomic E-state index is 11.4. The minimum Gasteiger partial charge on any atom is -0.480 e. The van der Waals surface area contributed by atoms with Gasteiger partial charge in [-0.05, 0) is 6.92 Å². The van der Waals surface area contributed by atoms with E-state index in [0.29, 0.717) is 0 Å². The standard InChI is InChI=1S/C9H13N3O4/c1-6(9(15)16)12-5-7(4-11-12)8(14)10-2-3-13/h4-6,13H,2-3H2,1H3,(H,10,14)(H,15,16). The molecule has 0 aromatic carbocycles. The van der Waals surface area contributed by atoms with Crippen molar-refractivity contribution in [3.05, 3.63) is 18.0 Å². The van der Waals surface area contributed by atoms with E-state index in [0.717, 1.165) is 0 Å². The zero-order valence-corrected chi connectivity index (χ0v) is 8.75. The number of carbonyl (C=O) groups is 2. The fourth-order valence-corrected chi connectivity index (χ4v) is 1.05. The third-order valence-corrected chi connectivity index (χ3v) is 2.02. The number of aliphatic hydroxyl groups is 1. The third-order valence-electron chi connectivity index (χ3n) is 2.02. The van der Waals surface area contributed by atoms with Crippen LogP contribution in [-0.2, 0) is 4.79 Å². The number of aromatic nitrogens is 2. The van der Waals surface area contributed by atoms with Gasteiger partial charge in [-0.1, -0.05) is 0 Å². The van der Waals surface area contributed by atoms with Crippen molar-refractivity contribution < 1.29 is 19.8 Å². The van der Waals surface area contributed by atoms with E-state index in [4.69, 9.17) is 10.2 Å². The molecular formula is C9H13N3O4. The molecule has 3 N–H and O–H groups in total. The summed E-state index contributed by atoms with van der Waals surface area (Å²) < 4.78 is 1.19. The fourth-order valence-electron chi connectivity index (χ4n) is 1.05. The van der Waals surface area contributed by atoms with Gasteiger partial charge in [-0.2, -0.15) is 5.10 Å². The number of hydrogen-bond acceptors (Lipinski definition) is 4. The number of carboxylic acid groups (broad SMARTS) is 1. The molecule has 0 aliphatic carbocycles. The molecule has 88 valence electrons. The first kappa shape index (κ1) is 12.2. The molecule has 1 atom stereocenters. The number of aliphatic carboxylic acids is 1. The Bertz CT molecular complexity index is 388. The van der Waals surface area contributed by atoms with Crippen LogP contribution >= 0.6 is 0 Å². The van der Waals surface area contributed by atoms with Crippen LogP contribution in [0, 0.1) is 0 Å². The van der Waals surface area contributed by atoms with E-state index >= 15 is 0 Å². The average molecular weight is 227 g/mol. The van der Waals surface area contributed by atoms with E-state index < -0.39 is 17.9 Å². The van der Waals surface area contributed by atoms with E-state index in [2.05, 4.69) is 10.4 Å². The van der Waals surface area contributed by atoms with Gasteiger partial charge in [0.1, 0.15) is 6.04 Å². The van der Waals surface area contributed by atoms with E-state index in [9.17, 15) is 9.59 Å². The first-order valence-electron chi connectivity index (χ1n) is 4.72. The van der Waals surface area contributed by atoms with Gasteiger partial charge in [0, 0.05) is 12.7 Å². The molecule has 0 saturated carbocycles. The average Bonchev–Trinajstić information content (AvgIpc) is 2.73. The van der Waals surface area contributed by atoms with Crippen LogP contribution in [0.5, 0.6) is 0 Å². The predicted molar refractivity (Wildman–Crippen MR) is 54.0 cm³/mol. The van der Waals surface area contributed by atoms with Gasteiger partial charge >= 0.3 is 5.97 Å². The van der Waals surface area contributed by atoms with Gasteiger partial charge in [0.05, 0.1) is 18.4 Å². The zero-order chi connectivity index (χ0) is 12.1. The topological polar surface area (TPSA) is 104 Å². The summed E-state index contributed by atoms with van der Waals surface area (Å²) in [4.78, 5) is 22.0. The van der Waals surface area contributed by atoms with Gasteiger partial charge in [0.15, 0.2) is 0 Å². The van der Waals surface area contributed by atoms with Crippen molar-refractivity contribution in [2.45, 2.75) is 13.0 Å². The lowest BCUT2D eigenvalue weighted by Gasteiger charge is -2.05. The molecule has 0 radical (unpaired) electrons. The minimum absolute atomic E-state index is 0.147. The van der Waals surface area contributed by atoms with Gasteiger partial charge in [-0.15, -0.1) is 0 Å². The lowest BCUT2D eigenvalue weighted by molar-refractivity contribution is -0.140. The lowest BCUT2D eigenvalue weighted by Crippen LogP contribution is -2.26. The summed E-state index contributed by atoms with van der Waals surface area (Å²) in [6.07, 6.45) is 2.64. The summed E-state index contributed by atoms with van der Waals surface area (Å²) in [7, 11) is 0. The second kappa shape index (κ2) is 5.26. The molecule has 1 amide bonds. The summed E-state index contributed by atoms with van der Waals surface area (Å²) in [5, 5.41) is 23.5. The second-order valence-electron chi connectivity index (χ2n) is 3.20. The number of carboxylic acids is 1. The SMILES string of the molecule is CC(C(=O)O)n1cc(C(=O)NCCO)cn1. The van der Waals surface area contributed by atoms with Crippen molar-refractivity contribution in [1.82, 2.24) is 15.1 Å². The second-order valence-corrected chi connectivity index (χ2v) is 3.20. The Kier molecular flexibility index (Phi) is 4.01. The number of nitrogens with one attached hydrogen (secondary N) is 1. The number of amides is 1. The first-order chi connectivity index (χ1) is 7.56. The number of aliphatic hydroxyl groups excluding tert-OH is 1. The molecule has 0 aliphatic rings. The normalized spacial score (nSPS) is 12.1. The zero-order valence-electron chi connectivity index (χ0n) is 8.75. The highest BCUT2D eigenvalue weighted by molar-refractivity contribution is 5.93. The minimum atomic E-state index is -1.02. The Morgan fingerprint density at radius 1 is 1.62 bits per heavy atom. The molecule has 1 aromatic heterocycles. The maximum atomic E-state index is 11.4. The number of carbonyl (C=O) groups excluding carboxylic acids is 1. The molecule has 1 rings (SSSR count). The largest absolute Gasteiger partial charge is 0.480 e. The van der Waals surface area contributed by atoms with Gasteiger partial charge in [-0.25, -0.2) is 4.79 Å². The molecule has 0 saturated heterocycles. The molecule has 1 aromatic rings. The molecule has 1 unspecified atom stereocenters. The highest BCUT2D eigenvalue weighted by atomic mass is 16.4. The first-order valence-corrected chi connectivity index (χ1v) is 4.72. The van der Waals surface area contributed by atoms with Crippen molar-refractivity contribution in [3.8, 4) is 0 Å². The van der Waals surface area contributed by atoms with Crippen LogP contribution in [0.2, 0.25) is 0 Å². The van der Waals surface area contributed by atoms with Gasteiger partial charge < -0.3 is 15.5 Å². The van der Waals surface area contributed by atoms with E-state index in [1.807, 2.05) is 0 Å². The Morgan fingerprint density at radius 3 is 2.88 bits per heavy atom. The monoisotopic (exact) mass is 227 g/mol. The Hall–Kier alpha value is -1.89. The van der Waals surface area contributed by atoms with Crippen LogP contribution < -0.4 is 5.32 Å². The Morgan fingerprint density at radius 2 is 2.31 bits per heavy atom. The van der Waals surface area contributed by atoms with Crippen LogP contribution in [0.1, 0.15) is 23.3 Å². The number of nitrogens with zero attached hydrogens (tertiary/aromatic N) is 2.